The van der Waals surface area contributed by atoms with Crippen LogP contribution in [0.25, 0.3) is 0 Å². The lowest BCUT2D eigenvalue weighted by Gasteiger charge is -2.10. The van der Waals surface area contributed by atoms with Crippen molar-refractivity contribution in [2.24, 2.45) is 11.8 Å². The minimum Gasteiger partial charge on any atom is -0.481 e. The molecule has 0 bridgehead atoms. The zero-order valence-corrected chi connectivity index (χ0v) is 11.2. The number of carboxylic acid groups (broad SMARTS) is 1. The average molecular weight is 300 g/mol. The van der Waals surface area contributed by atoms with Crippen molar-refractivity contribution in [3.63, 3.8) is 0 Å². The van der Waals surface area contributed by atoms with Crippen molar-refractivity contribution in [2.45, 2.75) is 31.9 Å². The maximum Gasteiger partial charge on any atom is 0.416 e. The quantitative estimate of drug-likeness (QED) is 0.861. The van der Waals surface area contributed by atoms with Gasteiger partial charge < -0.3 is 5.11 Å². The molecule has 1 aliphatic rings. The summed E-state index contributed by atoms with van der Waals surface area (Å²) in [7, 11) is 0. The van der Waals surface area contributed by atoms with Crippen LogP contribution in [0.15, 0.2) is 24.3 Å². The first-order valence-corrected chi connectivity index (χ1v) is 6.70. The number of rotatable bonds is 4. The minimum atomic E-state index is -4.41. The number of ketones is 1. The summed E-state index contributed by atoms with van der Waals surface area (Å²) >= 11 is 0. The van der Waals surface area contributed by atoms with Crippen LogP contribution in [0.2, 0.25) is 0 Å². The van der Waals surface area contributed by atoms with Crippen LogP contribution in [0.4, 0.5) is 13.2 Å². The molecule has 1 N–H and O–H groups in total. The van der Waals surface area contributed by atoms with E-state index in [-0.39, 0.29) is 23.7 Å². The van der Waals surface area contributed by atoms with Crippen molar-refractivity contribution in [3.8, 4) is 0 Å². The van der Waals surface area contributed by atoms with E-state index >= 15 is 0 Å². The summed E-state index contributed by atoms with van der Waals surface area (Å²) < 4.78 is 37.3. The zero-order chi connectivity index (χ0) is 15.6. The predicted molar refractivity (Wildman–Crippen MR) is 68.9 cm³/mol. The van der Waals surface area contributed by atoms with Crippen molar-refractivity contribution in [1.29, 1.82) is 0 Å². The first-order valence-electron chi connectivity index (χ1n) is 6.70. The van der Waals surface area contributed by atoms with Gasteiger partial charge in [-0.3, -0.25) is 9.59 Å². The summed E-state index contributed by atoms with van der Waals surface area (Å²) in [5.74, 6) is -1.49. The van der Waals surface area contributed by atoms with Crippen molar-refractivity contribution >= 4 is 11.8 Å². The zero-order valence-electron chi connectivity index (χ0n) is 11.2. The molecular weight excluding hydrogens is 285 g/mol. The summed E-state index contributed by atoms with van der Waals surface area (Å²) in [5, 5.41) is 8.90. The Labute approximate surface area is 119 Å². The Morgan fingerprint density at radius 1 is 1.14 bits per heavy atom. The molecule has 0 radical (unpaired) electrons. The molecule has 6 heteroatoms. The third-order valence-corrected chi connectivity index (χ3v) is 3.90. The Bertz CT molecular complexity index is 534. The van der Waals surface area contributed by atoms with Crippen LogP contribution in [0, 0.1) is 11.8 Å². The second-order valence-corrected chi connectivity index (χ2v) is 5.42. The molecule has 2 rings (SSSR count). The van der Waals surface area contributed by atoms with Crippen LogP contribution in [-0.2, 0) is 11.0 Å². The van der Waals surface area contributed by atoms with E-state index in [1.54, 1.807) is 0 Å². The van der Waals surface area contributed by atoms with E-state index < -0.39 is 23.6 Å². The molecule has 0 aliphatic heterocycles. The van der Waals surface area contributed by atoms with Crippen molar-refractivity contribution in [1.82, 2.24) is 0 Å². The average Bonchev–Trinajstić information content (AvgIpc) is 2.86. The molecule has 1 saturated carbocycles. The number of carboxylic acids is 1. The molecule has 1 fully saturated rings. The number of hydrogen-bond acceptors (Lipinski definition) is 2. The number of aliphatic carboxylic acids is 1. The number of Topliss-reactive ketones (excluding diaryl/α,β-unsaturated/α-hetero) is 1. The standard InChI is InChI=1S/C15H15F3O3/c16-15(17,18)12-5-3-10(4-6-12)13(19)8-9-1-2-11(7-9)14(20)21/h3-6,9,11H,1-2,7-8H2,(H,20,21)/t9-,11+/m1/s1. The lowest BCUT2D eigenvalue weighted by molar-refractivity contribution is -0.141. The van der Waals surface area contributed by atoms with Crippen molar-refractivity contribution in [3.05, 3.63) is 35.4 Å². The van der Waals surface area contributed by atoms with Gasteiger partial charge in [0.25, 0.3) is 0 Å². The largest absolute Gasteiger partial charge is 0.481 e. The molecule has 1 aromatic carbocycles. The molecule has 0 spiro atoms. The van der Waals surface area contributed by atoms with Gasteiger partial charge in [0.05, 0.1) is 11.5 Å². The second kappa shape index (κ2) is 5.87. The lowest BCUT2D eigenvalue weighted by Crippen LogP contribution is -2.11. The summed E-state index contributed by atoms with van der Waals surface area (Å²) in [5.41, 5.74) is -0.548. The minimum absolute atomic E-state index is 0.000827. The van der Waals surface area contributed by atoms with Gasteiger partial charge in [-0.25, -0.2) is 0 Å². The van der Waals surface area contributed by atoms with Gasteiger partial charge in [-0.1, -0.05) is 12.1 Å². The van der Waals surface area contributed by atoms with Gasteiger partial charge in [0.1, 0.15) is 0 Å². The number of halogens is 3. The Morgan fingerprint density at radius 3 is 2.24 bits per heavy atom. The SMILES string of the molecule is O=C(C[C@@H]1CC[C@H](C(=O)O)C1)c1ccc(C(F)(F)F)cc1. The first kappa shape index (κ1) is 15.5. The molecular formula is C15H15F3O3. The van der Waals surface area contributed by atoms with E-state index in [0.717, 1.165) is 12.1 Å². The van der Waals surface area contributed by atoms with Crippen LogP contribution < -0.4 is 0 Å². The summed E-state index contributed by atoms with van der Waals surface area (Å²) in [4.78, 5) is 22.9. The summed E-state index contributed by atoms with van der Waals surface area (Å²) in [6.45, 7) is 0. The summed E-state index contributed by atoms with van der Waals surface area (Å²) in [6.07, 6.45) is -2.54. The molecule has 21 heavy (non-hydrogen) atoms. The highest BCUT2D eigenvalue weighted by molar-refractivity contribution is 5.96. The second-order valence-electron chi connectivity index (χ2n) is 5.42. The Kier molecular flexibility index (Phi) is 4.34. The number of alkyl halides is 3. The molecule has 114 valence electrons. The van der Waals surface area contributed by atoms with Gasteiger partial charge in [0, 0.05) is 12.0 Å². The Morgan fingerprint density at radius 2 is 1.76 bits per heavy atom. The smallest absolute Gasteiger partial charge is 0.416 e. The maximum absolute atomic E-state index is 12.4. The topological polar surface area (TPSA) is 54.4 Å². The van der Waals surface area contributed by atoms with Gasteiger partial charge in [0.15, 0.2) is 5.78 Å². The van der Waals surface area contributed by atoms with Crippen LogP contribution in [0.1, 0.15) is 41.6 Å². The van der Waals surface area contributed by atoms with Gasteiger partial charge in [-0.2, -0.15) is 13.2 Å². The van der Waals surface area contributed by atoms with Crippen molar-refractivity contribution < 1.29 is 27.9 Å². The highest BCUT2D eigenvalue weighted by Gasteiger charge is 2.32. The highest BCUT2D eigenvalue weighted by Crippen LogP contribution is 2.34. The fraction of sp³-hybridized carbons (Fsp3) is 0.467. The van der Waals surface area contributed by atoms with Crippen LogP contribution in [0.5, 0.6) is 0 Å². The Balaban J connectivity index is 1.97. The van der Waals surface area contributed by atoms with Gasteiger partial charge in [0.2, 0.25) is 0 Å². The Hall–Kier alpha value is -1.85. The number of carbonyl (C=O) groups is 2. The molecule has 1 aromatic rings. The van der Waals surface area contributed by atoms with Crippen LogP contribution in [0.3, 0.4) is 0 Å². The van der Waals surface area contributed by atoms with E-state index in [1.807, 2.05) is 0 Å². The fourth-order valence-electron chi connectivity index (χ4n) is 2.71. The molecule has 0 aromatic heterocycles. The maximum atomic E-state index is 12.4. The molecule has 3 nitrogen and oxygen atoms in total. The molecule has 0 saturated heterocycles. The first-order chi connectivity index (χ1) is 9.77. The monoisotopic (exact) mass is 300 g/mol. The van der Waals surface area contributed by atoms with Crippen LogP contribution >= 0.6 is 0 Å². The van der Waals surface area contributed by atoms with E-state index in [9.17, 15) is 22.8 Å². The van der Waals surface area contributed by atoms with E-state index in [1.165, 1.54) is 12.1 Å². The van der Waals surface area contributed by atoms with Crippen molar-refractivity contribution in [2.75, 3.05) is 0 Å². The van der Waals surface area contributed by atoms with E-state index in [4.69, 9.17) is 5.11 Å². The number of hydrogen-bond donors (Lipinski definition) is 1. The van der Waals surface area contributed by atoms with E-state index in [2.05, 4.69) is 0 Å². The van der Waals surface area contributed by atoms with Gasteiger partial charge in [-0.15, -0.1) is 0 Å². The normalized spacial score (nSPS) is 22.2. The molecule has 0 heterocycles. The lowest BCUT2D eigenvalue weighted by atomic mass is 9.95. The number of carbonyl (C=O) groups excluding carboxylic acids is 1. The number of benzene rings is 1. The van der Waals surface area contributed by atoms with Gasteiger partial charge >= 0.3 is 12.1 Å². The van der Waals surface area contributed by atoms with E-state index in [0.29, 0.717) is 19.3 Å². The highest BCUT2D eigenvalue weighted by atomic mass is 19.4. The molecule has 1 aliphatic carbocycles. The third kappa shape index (κ3) is 3.83. The molecule has 2 atom stereocenters. The van der Waals surface area contributed by atoms with Crippen LogP contribution in [-0.4, -0.2) is 16.9 Å². The fourth-order valence-corrected chi connectivity index (χ4v) is 2.71. The molecule has 0 unspecified atom stereocenters. The van der Waals surface area contributed by atoms with Gasteiger partial charge in [-0.05, 0) is 37.3 Å². The third-order valence-electron chi connectivity index (χ3n) is 3.90. The summed E-state index contributed by atoms with van der Waals surface area (Å²) in [6, 6.07) is 4.13. The molecule has 0 amide bonds. The predicted octanol–water partition coefficient (Wildman–Crippen LogP) is 3.78.